The van der Waals surface area contributed by atoms with Crippen molar-refractivity contribution in [3.8, 4) is 5.75 Å². The molecule has 3 fully saturated rings. The zero-order valence-electron chi connectivity index (χ0n) is 19.9. The second kappa shape index (κ2) is 8.21. The predicted octanol–water partition coefficient (Wildman–Crippen LogP) is 0.316. The molecule has 0 aromatic heterocycles. The molecule has 3 unspecified atom stereocenters. The van der Waals surface area contributed by atoms with Crippen molar-refractivity contribution in [1.82, 2.24) is 4.90 Å². The van der Waals surface area contributed by atoms with Crippen LogP contribution in [0.2, 0.25) is 0 Å². The SMILES string of the molecule is CN(C)[C@H]1C(O)C(C(N)=O)C(=O)[C@]2(O)C(=O)C3C(=O)c4c(O)ccc(C5CCCC5)c4C[C@@H]3C[C@H]12. The van der Waals surface area contributed by atoms with E-state index in [2.05, 4.69) is 0 Å². The number of hydrogen-bond donors (Lipinski definition) is 4. The van der Waals surface area contributed by atoms with E-state index in [0.29, 0.717) is 6.42 Å². The maximum atomic E-state index is 13.8. The summed E-state index contributed by atoms with van der Waals surface area (Å²) >= 11 is 0. The molecule has 1 aromatic carbocycles. The molecule has 0 spiro atoms. The fourth-order valence-corrected chi connectivity index (χ4v) is 7.47. The van der Waals surface area contributed by atoms with Gasteiger partial charge in [0.05, 0.1) is 17.6 Å². The minimum absolute atomic E-state index is 0.102. The molecular weight excluding hydrogens is 452 g/mol. The van der Waals surface area contributed by atoms with Gasteiger partial charge in [-0.2, -0.15) is 0 Å². The van der Waals surface area contributed by atoms with Crippen LogP contribution in [0.3, 0.4) is 0 Å². The van der Waals surface area contributed by atoms with Crippen molar-refractivity contribution in [3.05, 3.63) is 28.8 Å². The number of aliphatic hydroxyl groups is 2. The number of benzene rings is 1. The van der Waals surface area contributed by atoms with Crippen molar-refractivity contribution in [2.24, 2.45) is 29.4 Å². The van der Waals surface area contributed by atoms with Crippen LogP contribution in [-0.2, 0) is 20.8 Å². The monoisotopic (exact) mass is 484 g/mol. The summed E-state index contributed by atoms with van der Waals surface area (Å²) in [4.78, 5) is 54.5. The Bertz CT molecular complexity index is 1120. The molecule has 3 saturated carbocycles. The molecule has 5 N–H and O–H groups in total. The number of nitrogens with two attached hydrogens (primary N) is 1. The van der Waals surface area contributed by atoms with Crippen LogP contribution in [0, 0.1) is 23.7 Å². The van der Waals surface area contributed by atoms with Crippen molar-refractivity contribution in [2.75, 3.05) is 14.1 Å². The van der Waals surface area contributed by atoms with Crippen LogP contribution >= 0.6 is 0 Å². The molecule has 0 bridgehead atoms. The number of phenols is 1. The van der Waals surface area contributed by atoms with Crippen molar-refractivity contribution < 1.29 is 34.5 Å². The molecule has 1 amide bonds. The highest BCUT2D eigenvalue weighted by molar-refractivity contribution is 6.25. The molecule has 0 heterocycles. The Hall–Kier alpha value is -2.62. The molecule has 4 aliphatic carbocycles. The zero-order valence-corrected chi connectivity index (χ0v) is 19.9. The minimum atomic E-state index is -2.62. The highest BCUT2D eigenvalue weighted by Crippen LogP contribution is 2.52. The lowest BCUT2D eigenvalue weighted by molar-refractivity contribution is -0.190. The quantitative estimate of drug-likeness (QED) is 0.447. The van der Waals surface area contributed by atoms with Crippen LogP contribution in [0.15, 0.2) is 12.1 Å². The van der Waals surface area contributed by atoms with Crippen molar-refractivity contribution in [1.29, 1.82) is 0 Å². The lowest BCUT2D eigenvalue weighted by Gasteiger charge is -2.55. The van der Waals surface area contributed by atoms with E-state index in [-0.39, 0.29) is 23.7 Å². The smallest absolute Gasteiger partial charge is 0.230 e. The van der Waals surface area contributed by atoms with Gasteiger partial charge in [0, 0.05) is 12.0 Å². The fraction of sp³-hybridized carbons (Fsp3) is 0.615. The summed E-state index contributed by atoms with van der Waals surface area (Å²) < 4.78 is 0. The number of hydrogen-bond acceptors (Lipinski definition) is 8. The summed E-state index contributed by atoms with van der Waals surface area (Å²) in [6, 6.07) is 2.46. The number of aromatic hydroxyl groups is 1. The van der Waals surface area contributed by atoms with E-state index in [1.165, 1.54) is 6.07 Å². The molecule has 0 radical (unpaired) electrons. The van der Waals surface area contributed by atoms with Gasteiger partial charge in [-0.05, 0) is 68.8 Å². The van der Waals surface area contributed by atoms with Crippen molar-refractivity contribution in [2.45, 2.75) is 62.2 Å². The number of carbonyl (C=O) groups excluding carboxylic acids is 4. The Balaban J connectivity index is 1.63. The Morgan fingerprint density at radius 1 is 1.11 bits per heavy atom. The first kappa shape index (κ1) is 24.1. The maximum absolute atomic E-state index is 13.8. The molecular formula is C26H32N2O7. The summed E-state index contributed by atoms with van der Waals surface area (Å²) in [5, 5.41) is 33.2. The number of rotatable bonds is 3. The molecule has 4 aliphatic rings. The van der Waals surface area contributed by atoms with Crippen LogP contribution in [0.4, 0.5) is 0 Å². The third-order valence-electron chi connectivity index (χ3n) is 9.00. The number of likely N-dealkylation sites (N-methyl/N-ethyl adjacent to an activating group) is 1. The largest absolute Gasteiger partial charge is 0.507 e. The number of ketones is 3. The fourth-order valence-electron chi connectivity index (χ4n) is 7.47. The standard InChI is InChI=1S/C26H32N2O7/c1-28(2)20-15-10-12-9-14-13(11-5-3-4-6-11)7-8-16(29)18(14)21(30)17(12)23(32)26(15,35)24(33)19(22(20)31)25(27)34/h7-8,11-12,15,17,19-20,22,29,31,35H,3-6,9-10H2,1-2H3,(H2,27,34)/t12-,15-,17?,19?,20-,22?,26-/m1/s1. The van der Waals surface area contributed by atoms with E-state index in [1.54, 1.807) is 19.0 Å². The van der Waals surface area contributed by atoms with Gasteiger partial charge in [-0.15, -0.1) is 0 Å². The molecule has 188 valence electrons. The van der Waals surface area contributed by atoms with Gasteiger partial charge in [0.25, 0.3) is 0 Å². The molecule has 7 atom stereocenters. The van der Waals surface area contributed by atoms with Gasteiger partial charge in [0.2, 0.25) is 5.91 Å². The van der Waals surface area contributed by atoms with Crippen LogP contribution in [0.25, 0.3) is 0 Å². The van der Waals surface area contributed by atoms with Crippen LogP contribution in [-0.4, -0.2) is 75.3 Å². The average Bonchev–Trinajstić information content (AvgIpc) is 3.30. The van der Waals surface area contributed by atoms with Crippen LogP contribution < -0.4 is 5.73 Å². The molecule has 1 aromatic rings. The van der Waals surface area contributed by atoms with Gasteiger partial charge in [0.1, 0.15) is 11.7 Å². The first-order valence-electron chi connectivity index (χ1n) is 12.3. The normalized spacial score (nSPS) is 37.2. The van der Waals surface area contributed by atoms with E-state index < -0.39 is 64.7 Å². The van der Waals surface area contributed by atoms with Gasteiger partial charge in [-0.3, -0.25) is 19.2 Å². The van der Waals surface area contributed by atoms with Crippen molar-refractivity contribution in [3.63, 3.8) is 0 Å². The summed E-state index contributed by atoms with van der Waals surface area (Å²) in [6.07, 6.45) is 3.19. The second-order valence-corrected chi connectivity index (χ2v) is 11.0. The van der Waals surface area contributed by atoms with Gasteiger partial charge in [-0.1, -0.05) is 18.9 Å². The number of fused-ring (bicyclic) bond motifs is 3. The minimum Gasteiger partial charge on any atom is -0.507 e. The summed E-state index contributed by atoms with van der Waals surface area (Å²) in [5.74, 6) is -8.35. The van der Waals surface area contributed by atoms with Gasteiger partial charge in [-0.25, -0.2) is 0 Å². The van der Waals surface area contributed by atoms with Gasteiger partial charge < -0.3 is 26.0 Å². The number of carbonyl (C=O) groups is 4. The number of phenolic OH excluding ortho intramolecular Hbond substituents is 1. The first-order chi connectivity index (χ1) is 16.5. The van der Waals surface area contributed by atoms with E-state index >= 15 is 0 Å². The highest BCUT2D eigenvalue weighted by Gasteiger charge is 2.69. The van der Waals surface area contributed by atoms with Crippen molar-refractivity contribution >= 4 is 23.3 Å². The lowest BCUT2D eigenvalue weighted by Crippen LogP contribution is -2.75. The molecule has 35 heavy (non-hydrogen) atoms. The second-order valence-electron chi connectivity index (χ2n) is 11.0. The topological polar surface area (TPSA) is 158 Å². The third kappa shape index (κ3) is 3.24. The molecule has 9 nitrogen and oxygen atoms in total. The maximum Gasteiger partial charge on any atom is 0.230 e. The number of primary amides is 1. The van der Waals surface area contributed by atoms with E-state index in [4.69, 9.17) is 5.73 Å². The average molecular weight is 485 g/mol. The molecule has 5 rings (SSSR count). The summed E-state index contributed by atoms with van der Waals surface area (Å²) in [6.45, 7) is 0. The third-order valence-corrected chi connectivity index (χ3v) is 9.00. The molecule has 9 heteroatoms. The van der Waals surface area contributed by atoms with E-state index in [1.807, 2.05) is 6.07 Å². The predicted molar refractivity (Wildman–Crippen MR) is 124 cm³/mol. The Morgan fingerprint density at radius 2 is 1.77 bits per heavy atom. The Morgan fingerprint density at radius 3 is 2.37 bits per heavy atom. The van der Waals surface area contributed by atoms with Crippen LogP contribution in [0.1, 0.15) is 59.5 Å². The lowest BCUT2D eigenvalue weighted by atomic mass is 9.52. The Labute approximate surface area is 203 Å². The van der Waals surface area contributed by atoms with E-state index in [0.717, 1.165) is 36.8 Å². The number of amides is 1. The number of Topliss-reactive ketones (excluding diaryl/α,β-unsaturated/α-hetero) is 3. The van der Waals surface area contributed by atoms with Gasteiger partial charge in [0.15, 0.2) is 23.0 Å². The molecule has 0 aliphatic heterocycles. The number of nitrogens with zero attached hydrogens (tertiary/aromatic N) is 1. The number of aliphatic hydroxyl groups excluding tert-OH is 1. The molecule has 0 saturated heterocycles. The Kier molecular flexibility index (Phi) is 5.65. The zero-order chi connectivity index (χ0) is 25.4. The summed E-state index contributed by atoms with van der Waals surface area (Å²) in [5.41, 5.74) is 4.64. The highest BCUT2D eigenvalue weighted by atomic mass is 16.3. The summed E-state index contributed by atoms with van der Waals surface area (Å²) in [7, 11) is 3.27. The first-order valence-corrected chi connectivity index (χ1v) is 12.3. The van der Waals surface area contributed by atoms with E-state index in [9.17, 15) is 34.5 Å². The van der Waals surface area contributed by atoms with Crippen LogP contribution in [0.5, 0.6) is 5.75 Å². The van der Waals surface area contributed by atoms with Gasteiger partial charge >= 0.3 is 0 Å².